The lowest BCUT2D eigenvalue weighted by molar-refractivity contribution is 0.445. The van der Waals surface area contributed by atoms with E-state index in [0.717, 1.165) is 12.5 Å². The molecule has 1 aliphatic rings. The smallest absolute Gasteiger partial charge is 0.106 e. The molecule has 2 rings (SSSR count). The first-order valence-corrected chi connectivity index (χ1v) is 5.13. The Morgan fingerprint density at radius 1 is 1.46 bits per heavy atom. The van der Waals surface area contributed by atoms with Crippen molar-refractivity contribution in [3.63, 3.8) is 0 Å². The largest absolute Gasteiger partial charge is 0.469 e. The first-order chi connectivity index (χ1) is 6.40. The summed E-state index contributed by atoms with van der Waals surface area (Å²) in [6.45, 7) is 0.829. The first-order valence-electron chi connectivity index (χ1n) is 5.13. The van der Waals surface area contributed by atoms with Gasteiger partial charge in [0, 0.05) is 5.92 Å². The molecule has 0 aliphatic heterocycles. The predicted octanol–water partition coefficient (Wildman–Crippen LogP) is 2.51. The van der Waals surface area contributed by atoms with Crippen LogP contribution in [0.3, 0.4) is 0 Å². The van der Waals surface area contributed by atoms with E-state index in [2.05, 4.69) is 6.07 Å². The van der Waals surface area contributed by atoms with Crippen molar-refractivity contribution in [1.29, 1.82) is 0 Å². The molecule has 1 aliphatic carbocycles. The van der Waals surface area contributed by atoms with Gasteiger partial charge in [-0.15, -0.1) is 0 Å². The van der Waals surface area contributed by atoms with E-state index in [-0.39, 0.29) is 0 Å². The Balaban J connectivity index is 1.91. The average molecular weight is 179 g/mol. The van der Waals surface area contributed by atoms with Crippen molar-refractivity contribution in [1.82, 2.24) is 0 Å². The lowest BCUT2D eigenvalue weighted by Crippen LogP contribution is -2.05. The molecule has 1 saturated carbocycles. The van der Waals surface area contributed by atoms with Crippen molar-refractivity contribution in [2.75, 3.05) is 6.54 Å². The summed E-state index contributed by atoms with van der Waals surface area (Å²) in [5.41, 5.74) is 5.55. The van der Waals surface area contributed by atoms with Gasteiger partial charge in [0.15, 0.2) is 0 Å². The van der Waals surface area contributed by atoms with Crippen LogP contribution in [0.1, 0.15) is 37.4 Å². The van der Waals surface area contributed by atoms with Crippen LogP contribution in [-0.2, 0) is 0 Å². The molecule has 0 radical (unpaired) electrons. The van der Waals surface area contributed by atoms with Crippen LogP contribution in [0.15, 0.2) is 22.8 Å². The Morgan fingerprint density at radius 2 is 2.38 bits per heavy atom. The lowest BCUT2D eigenvalue weighted by atomic mass is 10.0. The van der Waals surface area contributed by atoms with E-state index < -0.39 is 0 Å². The third-order valence-electron chi connectivity index (χ3n) is 3.06. The molecule has 0 spiro atoms. The normalized spacial score (nSPS) is 28.1. The molecule has 1 aromatic rings. The van der Waals surface area contributed by atoms with Crippen LogP contribution in [0.5, 0.6) is 0 Å². The van der Waals surface area contributed by atoms with Crippen molar-refractivity contribution in [2.24, 2.45) is 11.7 Å². The van der Waals surface area contributed by atoms with Crippen LogP contribution in [0.4, 0.5) is 0 Å². The standard InChI is InChI=1S/C11H17NO/c12-6-5-9-3-4-10(8-9)11-2-1-7-13-11/h1-2,7,9-10H,3-6,8,12H2. The summed E-state index contributed by atoms with van der Waals surface area (Å²) in [5.74, 6) is 2.66. The fraction of sp³-hybridized carbons (Fsp3) is 0.636. The van der Waals surface area contributed by atoms with E-state index in [9.17, 15) is 0 Å². The molecule has 13 heavy (non-hydrogen) atoms. The molecule has 0 amide bonds. The van der Waals surface area contributed by atoms with Crippen molar-refractivity contribution >= 4 is 0 Å². The van der Waals surface area contributed by atoms with Crippen molar-refractivity contribution in [3.8, 4) is 0 Å². The maximum Gasteiger partial charge on any atom is 0.106 e. The summed E-state index contributed by atoms with van der Waals surface area (Å²) in [4.78, 5) is 0. The second-order valence-corrected chi connectivity index (χ2v) is 3.97. The molecule has 0 bridgehead atoms. The monoisotopic (exact) mass is 179 g/mol. The second-order valence-electron chi connectivity index (χ2n) is 3.97. The summed E-state index contributed by atoms with van der Waals surface area (Å²) in [6.07, 6.45) is 6.81. The van der Waals surface area contributed by atoms with Gasteiger partial charge in [0.05, 0.1) is 6.26 Å². The molecule has 72 valence electrons. The predicted molar refractivity (Wildman–Crippen MR) is 52.5 cm³/mol. The average Bonchev–Trinajstić information content (AvgIpc) is 2.70. The van der Waals surface area contributed by atoms with Gasteiger partial charge in [-0.2, -0.15) is 0 Å². The third kappa shape index (κ3) is 1.94. The number of rotatable bonds is 3. The minimum absolute atomic E-state index is 0.659. The Morgan fingerprint density at radius 3 is 3.08 bits per heavy atom. The van der Waals surface area contributed by atoms with Gasteiger partial charge >= 0.3 is 0 Å². The number of hydrogen-bond acceptors (Lipinski definition) is 2. The molecule has 0 aromatic carbocycles. The molecule has 2 nitrogen and oxygen atoms in total. The summed E-state index contributed by atoms with van der Waals surface area (Å²) in [6, 6.07) is 4.07. The zero-order valence-corrected chi connectivity index (χ0v) is 7.91. The van der Waals surface area contributed by atoms with Crippen LogP contribution in [-0.4, -0.2) is 6.54 Å². The van der Waals surface area contributed by atoms with Crippen LogP contribution < -0.4 is 5.73 Å². The summed E-state index contributed by atoms with van der Waals surface area (Å²) in [5, 5.41) is 0. The highest BCUT2D eigenvalue weighted by molar-refractivity contribution is 5.07. The minimum Gasteiger partial charge on any atom is -0.469 e. The van der Waals surface area contributed by atoms with Crippen molar-refractivity contribution in [2.45, 2.75) is 31.6 Å². The van der Waals surface area contributed by atoms with Gasteiger partial charge in [-0.3, -0.25) is 0 Å². The quantitative estimate of drug-likeness (QED) is 0.774. The molecule has 2 unspecified atom stereocenters. The summed E-state index contributed by atoms with van der Waals surface area (Å²) < 4.78 is 5.41. The Bertz CT molecular complexity index is 243. The highest BCUT2D eigenvalue weighted by Crippen LogP contribution is 2.39. The van der Waals surface area contributed by atoms with Crippen LogP contribution >= 0.6 is 0 Å². The minimum atomic E-state index is 0.659. The highest BCUT2D eigenvalue weighted by atomic mass is 16.3. The van der Waals surface area contributed by atoms with E-state index in [1.807, 2.05) is 6.07 Å². The van der Waals surface area contributed by atoms with Crippen LogP contribution in [0, 0.1) is 5.92 Å². The van der Waals surface area contributed by atoms with Gasteiger partial charge in [0.2, 0.25) is 0 Å². The Kier molecular flexibility index (Phi) is 2.69. The zero-order chi connectivity index (χ0) is 9.10. The van der Waals surface area contributed by atoms with Gasteiger partial charge in [-0.1, -0.05) is 0 Å². The van der Waals surface area contributed by atoms with Gasteiger partial charge in [-0.25, -0.2) is 0 Å². The van der Waals surface area contributed by atoms with Crippen molar-refractivity contribution < 1.29 is 4.42 Å². The number of furan rings is 1. The van der Waals surface area contributed by atoms with Gasteiger partial charge in [0.1, 0.15) is 5.76 Å². The molecule has 0 saturated heterocycles. The topological polar surface area (TPSA) is 39.2 Å². The maximum absolute atomic E-state index is 5.55. The molecule has 2 N–H and O–H groups in total. The molecule has 2 atom stereocenters. The maximum atomic E-state index is 5.55. The fourth-order valence-corrected chi connectivity index (χ4v) is 2.35. The van der Waals surface area contributed by atoms with E-state index >= 15 is 0 Å². The van der Waals surface area contributed by atoms with Gasteiger partial charge in [0.25, 0.3) is 0 Å². The fourth-order valence-electron chi connectivity index (χ4n) is 2.35. The molecule has 1 heterocycles. The van der Waals surface area contributed by atoms with E-state index in [0.29, 0.717) is 5.92 Å². The van der Waals surface area contributed by atoms with Gasteiger partial charge < -0.3 is 10.2 Å². The summed E-state index contributed by atoms with van der Waals surface area (Å²) in [7, 11) is 0. The highest BCUT2D eigenvalue weighted by Gasteiger charge is 2.26. The SMILES string of the molecule is NCCC1CCC(c2ccco2)C1. The molecule has 1 fully saturated rings. The molecule has 1 aromatic heterocycles. The zero-order valence-electron chi connectivity index (χ0n) is 7.91. The van der Waals surface area contributed by atoms with Crippen molar-refractivity contribution in [3.05, 3.63) is 24.2 Å². The second kappa shape index (κ2) is 3.97. The Labute approximate surface area is 79.1 Å². The van der Waals surface area contributed by atoms with Gasteiger partial charge in [-0.05, 0) is 50.3 Å². The lowest BCUT2D eigenvalue weighted by Gasteiger charge is -2.07. The van der Waals surface area contributed by atoms with Crippen LogP contribution in [0.25, 0.3) is 0 Å². The molecule has 2 heteroatoms. The van der Waals surface area contributed by atoms with Crippen LogP contribution in [0.2, 0.25) is 0 Å². The van der Waals surface area contributed by atoms with E-state index in [1.165, 1.54) is 31.4 Å². The Hall–Kier alpha value is -0.760. The third-order valence-corrected chi connectivity index (χ3v) is 3.06. The molecular formula is C11H17NO. The van der Waals surface area contributed by atoms with E-state index in [1.54, 1.807) is 6.26 Å². The van der Waals surface area contributed by atoms with E-state index in [4.69, 9.17) is 10.2 Å². The first kappa shape index (κ1) is 8.82. The number of hydrogen-bond donors (Lipinski definition) is 1. The molecular weight excluding hydrogens is 162 g/mol. The summed E-state index contributed by atoms with van der Waals surface area (Å²) >= 11 is 0. The number of nitrogens with two attached hydrogens (primary N) is 1.